The van der Waals surface area contributed by atoms with Crippen molar-refractivity contribution in [2.75, 3.05) is 6.54 Å². The zero-order valence-corrected chi connectivity index (χ0v) is 12.1. The lowest BCUT2D eigenvalue weighted by Gasteiger charge is -2.15. The fourth-order valence-corrected chi connectivity index (χ4v) is 2.94. The van der Waals surface area contributed by atoms with E-state index < -0.39 is 11.6 Å². The Balaban J connectivity index is 1.94. The van der Waals surface area contributed by atoms with Crippen molar-refractivity contribution in [3.8, 4) is 0 Å². The minimum absolute atomic E-state index is 0.417. The third kappa shape index (κ3) is 2.97. The third-order valence-corrected chi connectivity index (χ3v) is 3.83. The molecular formula is C16H19F2N3. The van der Waals surface area contributed by atoms with Gasteiger partial charge in [0.15, 0.2) is 0 Å². The maximum atomic E-state index is 13.3. The molecule has 2 aromatic rings. The van der Waals surface area contributed by atoms with Crippen molar-refractivity contribution < 1.29 is 8.78 Å². The van der Waals surface area contributed by atoms with Gasteiger partial charge in [0, 0.05) is 36.8 Å². The fourth-order valence-electron chi connectivity index (χ4n) is 2.94. The standard InChI is InChI=1S/C16H19F2N3/c1-2-3-15-14-9-19-5-4-16(14)21(20-15)10-11-6-12(17)8-13(18)7-11/h6-8,19H,2-5,9-10H2,1H3. The molecule has 21 heavy (non-hydrogen) atoms. The van der Waals surface area contributed by atoms with Gasteiger partial charge in [-0.05, 0) is 24.1 Å². The van der Waals surface area contributed by atoms with Gasteiger partial charge in [-0.3, -0.25) is 4.68 Å². The third-order valence-electron chi connectivity index (χ3n) is 3.83. The minimum Gasteiger partial charge on any atom is -0.312 e. The molecule has 0 bridgehead atoms. The van der Waals surface area contributed by atoms with Gasteiger partial charge < -0.3 is 5.32 Å². The molecule has 1 N–H and O–H groups in total. The van der Waals surface area contributed by atoms with Crippen LogP contribution in [0.4, 0.5) is 8.78 Å². The molecule has 1 aromatic carbocycles. The summed E-state index contributed by atoms with van der Waals surface area (Å²) in [5.74, 6) is -1.08. The molecule has 1 aliphatic rings. The zero-order chi connectivity index (χ0) is 14.8. The zero-order valence-electron chi connectivity index (χ0n) is 12.1. The number of hydrogen-bond donors (Lipinski definition) is 1. The quantitative estimate of drug-likeness (QED) is 0.939. The number of nitrogens with zero attached hydrogens (tertiary/aromatic N) is 2. The van der Waals surface area contributed by atoms with Crippen LogP contribution in [0, 0.1) is 11.6 Å². The number of benzene rings is 1. The van der Waals surface area contributed by atoms with Crippen molar-refractivity contribution in [3.63, 3.8) is 0 Å². The molecule has 0 unspecified atom stereocenters. The summed E-state index contributed by atoms with van der Waals surface area (Å²) in [4.78, 5) is 0. The van der Waals surface area contributed by atoms with Crippen molar-refractivity contribution >= 4 is 0 Å². The van der Waals surface area contributed by atoms with Crippen LogP contribution in [0.2, 0.25) is 0 Å². The average Bonchev–Trinajstić information content (AvgIpc) is 2.77. The molecule has 3 rings (SSSR count). The van der Waals surface area contributed by atoms with Crippen LogP contribution in [0.1, 0.15) is 35.9 Å². The summed E-state index contributed by atoms with van der Waals surface area (Å²) in [5.41, 5.74) is 4.18. The van der Waals surface area contributed by atoms with Gasteiger partial charge in [0.1, 0.15) is 11.6 Å². The maximum absolute atomic E-state index is 13.3. The SMILES string of the molecule is CCCc1nn(Cc2cc(F)cc(F)c2)c2c1CNCC2. The number of nitrogens with one attached hydrogen (secondary N) is 1. The van der Waals surface area contributed by atoms with Crippen LogP contribution in [0.3, 0.4) is 0 Å². The van der Waals surface area contributed by atoms with E-state index >= 15 is 0 Å². The molecule has 0 atom stereocenters. The number of aromatic nitrogens is 2. The molecule has 0 amide bonds. The number of halogens is 2. The van der Waals surface area contributed by atoms with Gasteiger partial charge in [-0.25, -0.2) is 8.78 Å². The van der Waals surface area contributed by atoms with Gasteiger partial charge in [-0.2, -0.15) is 5.10 Å². The van der Waals surface area contributed by atoms with Crippen molar-refractivity contribution in [1.82, 2.24) is 15.1 Å². The summed E-state index contributed by atoms with van der Waals surface area (Å²) in [6.45, 7) is 4.30. The maximum Gasteiger partial charge on any atom is 0.126 e. The van der Waals surface area contributed by atoms with E-state index in [4.69, 9.17) is 0 Å². The lowest BCUT2D eigenvalue weighted by atomic mass is 10.0. The molecule has 0 saturated heterocycles. The number of rotatable bonds is 4. The summed E-state index contributed by atoms with van der Waals surface area (Å²) in [7, 11) is 0. The summed E-state index contributed by atoms with van der Waals surface area (Å²) >= 11 is 0. The molecule has 0 fully saturated rings. The van der Waals surface area contributed by atoms with Crippen LogP contribution >= 0.6 is 0 Å². The van der Waals surface area contributed by atoms with E-state index in [1.807, 2.05) is 4.68 Å². The monoisotopic (exact) mass is 291 g/mol. The minimum atomic E-state index is -0.540. The van der Waals surface area contributed by atoms with Crippen molar-refractivity contribution in [2.45, 2.75) is 39.3 Å². The van der Waals surface area contributed by atoms with E-state index in [9.17, 15) is 8.78 Å². The van der Waals surface area contributed by atoms with E-state index in [-0.39, 0.29) is 0 Å². The fraction of sp³-hybridized carbons (Fsp3) is 0.438. The highest BCUT2D eigenvalue weighted by Crippen LogP contribution is 2.21. The Morgan fingerprint density at radius 3 is 2.71 bits per heavy atom. The van der Waals surface area contributed by atoms with Gasteiger partial charge in [0.2, 0.25) is 0 Å². The highest BCUT2D eigenvalue weighted by molar-refractivity contribution is 5.30. The van der Waals surface area contributed by atoms with E-state index in [1.165, 1.54) is 23.4 Å². The van der Waals surface area contributed by atoms with Gasteiger partial charge in [0.25, 0.3) is 0 Å². The Hall–Kier alpha value is -1.75. The number of fused-ring (bicyclic) bond motifs is 1. The molecule has 1 aliphatic heterocycles. The molecule has 0 spiro atoms. The Morgan fingerprint density at radius 2 is 2.00 bits per heavy atom. The van der Waals surface area contributed by atoms with E-state index in [0.717, 1.165) is 44.1 Å². The van der Waals surface area contributed by atoms with E-state index in [1.54, 1.807) is 0 Å². The second kappa shape index (κ2) is 5.93. The number of hydrogen-bond acceptors (Lipinski definition) is 2. The van der Waals surface area contributed by atoms with Crippen LogP contribution in [-0.2, 0) is 25.9 Å². The van der Waals surface area contributed by atoms with Gasteiger partial charge in [-0.1, -0.05) is 13.3 Å². The normalized spacial score (nSPS) is 14.2. The molecule has 5 heteroatoms. The lowest BCUT2D eigenvalue weighted by molar-refractivity contribution is 0.562. The Labute approximate surface area is 123 Å². The smallest absolute Gasteiger partial charge is 0.126 e. The Morgan fingerprint density at radius 1 is 1.24 bits per heavy atom. The first-order valence-corrected chi connectivity index (χ1v) is 7.40. The first-order valence-electron chi connectivity index (χ1n) is 7.40. The van der Waals surface area contributed by atoms with E-state index in [2.05, 4.69) is 17.3 Å². The summed E-state index contributed by atoms with van der Waals surface area (Å²) in [6, 6.07) is 3.64. The van der Waals surface area contributed by atoms with Crippen molar-refractivity contribution in [1.29, 1.82) is 0 Å². The van der Waals surface area contributed by atoms with Crippen LogP contribution < -0.4 is 5.32 Å². The molecule has 0 aliphatic carbocycles. The molecular weight excluding hydrogens is 272 g/mol. The summed E-state index contributed by atoms with van der Waals surface area (Å²) in [6.07, 6.45) is 2.89. The molecule has 3 nitrogen and oxygen atoms in total. The number of aryl methyl sites for hydroxylation is 1. The summed E-state index contributed by atoms with van der Waals surface area (Å²) in [5, 5.41) is 8.03. The van der Waals surface area contributed by atoms with E-state index in [0.29, 0.717) is 12.1 Å². The van der Waals surface area contributed by atoms with Crippen LogP contribution in [0.15, 0.2) is 18.2 Å². The topological polar surface area (TPSA) is 29.9 Å². The average molecular weight is 291 g/mol. The highest BCUT2D eigenvalue weighted by atomic mass is 19.1. The molecule has 0 radical (unpaired) electrons. The van der Waals surface area contributed by atoms with Crippen LogP contribution in [-0.4, -0.2) is 16.3 Å². The first-order chi connectivity index (χ1) is 10.2. The second-order valence-corrected chi connectivity index (χ2v) is 5.48. The van der Waals surface area contributed by atoms with Gasteiger partial charge in [-0.15, -0.1) is 0 Å². The highest BCUT2D eigenvalue weighted by Gasteiger charge is 2.20. The predicted molar refractivity (Wildman–Crippen MR) is 77.1 cm³/mol. The molecule has 1 aromatic heterocycles. The van der Waals surface area contributed by atoms with Crippen LogP contribution in [0.25, 0.3) is 0 Å². The molecule has 2 heterocycles. The first kappa shape index (κ1) is 14.2. The largest absolute Gasteiger partial charge is 0.312 e. The van der Waals surface area contributed by atoms with Crippen molar-refractivity contribution in [3.05, 3.63) is 52.3 Å². The van der Waals surface area contributed by atoms with Crippen LogP contribution in [0.5, 0.6) is 0 Å². The molecule has 0 saturated carbocycles. The summed E-state index contributed by atoms with van der Waals surface area (Å²) < 4.78 is 28.5. The molecule has 112 valence electrons. The Bertz CT molecular complexity index is 629. The second-order valence-electron chi connectivity index (χ2n) is 5.48. The van der Waals surface area contributed by atoms with Gasteiger partial charge >= 0.3 is 0 Å². The lowest BCUT2D eigenvalue weighted by Crippen LogP contribution is -2.25. The van der Waals surface area contributed by atoms with Crippen molar-refractivity contribution in [2.24, 2.45) is 0 Å². The van der Waals surface area contributed by atoms with Gasteiger partial charge in [0.05, 0.1) is 12.2 Å². The predicted octanol–water partition coefficient (Wildman–Crippen LogP) is 2.81. The Kier molecular flexibility index (Phi) is 4.01.